The summed E-state index contributed by atoms with van der Waals surface area (Å²) in [6.07, 6.45) is 0. The van der Waals surface area contributed by atoms with E-state index in [0.717, 1.165) is 0 Å². The van der Waals surface area contributed by atoms with Gasteiger partial charge < -0.3 is 15.7 Å². The molecule has 1 aliphatic rings. The zero-order valence-electron chi connectivity index (χ0n) is 18.7. The molecule has 0 saturated heterocycles. The Morgan fingerprint density at radius 2 is 1.48 bits per heavy atom. The number of hydrogen-bond acceptors (Lipinski definition) is 4. The maximum atomic E-state index is 12.5. The standard InChI is InChI=1S/C24H29N3O4/c1-23(2,3)16-12-15(13-17(21(16)28)24(4,5)6)19-20(27(30)31)18(25-22(29)26-19)14-10-8-7-9-11-14/h7-13,19,28H,1-6H3,(H2,25,26,29). The minimum Gasteiger partial charge on any atom is -0.507 e. The van der Waals surface area contributed by atoms with E-state index in [1.165, 1.54) is 0 Å². The number of nitro groups is 1. The summed E-state index contributed by atoms with van der Waals surface area (Å²) in [6.45, 7) is 11.8. The summed E-state index contributed by atoms with van der Waals surface area (Å²) in [6, 6.07) is 10.8. The number of nitrogens with one attached hydrogen (secondary N) is 2. The summed E-state index contributed by atoms with van der Waals surface area (Å²) in [4.78, 5) is 24.2. The van der Waals surface area contributed by atoms with Crippen LogP contribution >= 0.6 is 0 Å². The number of hydrogen-bond donors (Lipinski definition) is 3. The number of aromatic hydroxyl groups is 1. The first-order valence-electron chi connectivity index (χ1n) is 10.2. The van der Waals surface area contributed by atoms with E-state index in [0.29, 0.717) is 22.3 Å². The van der Waals surface area contributed by atoms with Crippen molar-refractivity contribution in [2.75, 3.05) is 0 Å². The number of carbonyl (C=O) groups excluding carboxylic acids is 1. The summed E-state index contributed by atoms with van der Waals surface area (Å²) in [7, 11) is 0. The highest BCUT2D eigenvalue weighted by Gasteiger charge is 2.39. The van der Waals surface area contributed by atoms with Crippen LogP contribution in [0.4, 0.5) is 4.79 Å². The molecule has 3 rings (SSSR count). The van der Waals surface area contributed by atoms with Crippen molar-refractivity contribution in [1.82, 2.24) is 10.6 Å². The van der Waals surface area contributed by atoms with Gasteiger partial charge in [0.05, 0.1) is 4.92 Å². The van der Waals surface area contributed by atoms with Crippen LogP contribution in [0.5, 0.6) is 5.75 Å². The van der Waals surface area contributed by atoms with E-state index in [1.807, 2.05) is 47.6 Å². The lowest BCUT2D eigenvalue weighted by Gasteiger charge is -2.31. The SMILES string of the molecule is CC(C)(C)c1cc(C2NC(=O)NC(c3ccccc3)=C2[N+](=O)[O-])cc(C(C)(C)C)c1O. The lowest BCUT2D eigenvalue weighted by molar-refractivity contribution is -0.430. The third kappa shape index (κ3) is 4.40. The third-order valence-corrected chi connectivity index (χ3v) is 5.38. The minimum absolute atomic E-state index is 0.142. The molecule has 1 unspecified atom stereocenters. The van der Waals surface area contributed by atoms with Gasteiger partial charge in [0.25, 0.3) is 5.70 Å². The van der Waals surface area contributed by atoms with Crippen molar-refractivity contribution in [2.45, 2.75) is 58.4 Å². The number of phenolic OH excluding ortho intramolecular Hbond substituents is 1. The molecule has 3 N–H and O–H groups in total. The van der Waals surface area contributed by atoms with Gasteiger partial charge >= 0.3 is 6.03 Å². The van der Waals surface area contributed by atoms with Crippen molar-refractivity contribution in [3.63, 3.8) is 0 Å². The predicted octanol–water partition coefficient (Wildman–Crippen LogP) is 4.99. The number of benzene rings is 2. The van der Waals surface area contributed by atoms with Gasteiger partial charge in [0.2, 0.25) is 0 Å². The first kappa shape index (κ1) is 22.3. The van der Waals surface area contributed by atoms with Crippen LogP contribution in [0.2, 0.25) is 0 Å². The van der Waals surface area contributed by atoms with Gasteiger partial charge in [0.1, 0.15) is 17.5 Å². The van der Waals surface area contributed by atoms with Gasteiger partial charge in [0, 0.05) is 5.56 Å². The van der Waals surface area contributed by atoms with Crippen molar-refractivity contribution >= 4 is 11.7 Å². The summed E-state index contributed by atoms with van der Waals surface area (Å²) in [5, 5.41) is 28.5. The number of nitrogens with zero attached hydrogens (tertiary/aromatic N) is 1. The lowest BCUT2D eigenvalue weighted by Crippen LogP contribution is -2.45. The molecule has 7 heteroatoms. The fourth-order valence-corrected chi connectivity index (χ4v) is 3.79. The molecule has 0 aromatic heterocycles. The largest absolute Gasteiger partial charge is 0.507 e. The second kappa shape index (κ2) is 7.72. The van der Waals surface area contributed by atoms with Crippen LogP contribution in [0.25, 0.3) is 5.70 Å². The van der Waals surface area contributed by atoms with Crippen molar-refractivity contribution in [3.8, 4) is 5.75 Å². The second-order valence-corrected chi connectivity index (χ2v) is 9.88. The van der Waals surface area contributed by atoms with E-state index >= 15 is 0 Å². The highest BCUT2D eigenvalue weighted by molar-refractivity contribution is 5.89. The van der Waals surface area contributed by atoms with Gasteiger partial charge in [-0.1, -0.05) is 71.9 Å². The van der Waals surface area contributed by atoms with Gasteiger partial charge in [-0.05, 0) is 39.7 Å². The highest BCUT2D eigenvalue weighted by atomic mass is 16.6. The molecule has 2 aromatic carbocycles. The number of rotatable bonds is 3. The predicted molar refractivity (Wildman–Crippen MR) is 120 cm³/mol. The van der Waals surface area contributed by atoms with Gasteiger partial charge in [0.15, 0.2) is 0 Å². The van der Waals surface area contributed by atoms with Crippen LogP contribution in [-0.4, -0.2) is 16.1 Å². The van der Waals surface area contributed by atoms with E-state index < -0.39 is 27.8 Å². The van der Waals surface area contributed by atoms with E-state index in [4.69, 9.17) is 0 Å². The molecular formula is C24H29N3O4. The van der Waals surface area contributed by atoms with Gasteiger partial charge in [-0.2, -0.15) is 0 Å². The molecule has 0 saturated carbocycles. The van der Waals surface area contributed by atoms with E-state index in [2.05, 4.69) is 10.6 Å². The molecule has 2 amide bonds. The number of urea groups is 1. The fourth-order valence-electron chi connectivity index (χ4n) is 3.79. The molecule has 1 heterocycles. The van der Waals surface area contributed by atoms with Crippen LogP contribution in [-0.2, 0) is 10.8 Å². The van der Waals surface area contributed by atoms with Crippen molar-refractivity contribution in [1.29, 1.82) is 0 Å². The Bertz CT molecular complexity index is 1030. The highest BCUT2D eigenvalue weighted by Crippen LogP contribution is 2.42. The van der Waals surface area contributed by atoms with Crippen molar-refractivity contribution in [3.05, 3.63) is 80.5 Å². The molecule has 0 fully saturated rings. The molecule has 0 spiro atoms. The van der Waals surface area contributed by atoms with E-state index in [-0.39, 0.29) is 17.1 Å². The zero-order valence-corrected chi connectivity index (χ0v) is 18.7. The Kier molecular flexibility index (Phi) is 5.56. The summed E-state index contributed by atoms with van der Waals surface area (Å²) in [5.74, 6) is 0.180. The topological polar surface area (TPSA) is 104 Å². The van der Waals surface area contributed by atoms with Crippen LogP contribution in [0.15, 0.2) is 48.2 Å². The molecule has 31 heavy (non-hydrogen) atoms. The maximum absolute atomic E-state index is 12.5. The number of amides is 2. The maximum Gasteiger partial charge on any atom is 0.320 e. The lowest BCUT2D eigenvalue weighted by atomic mass is 9.77. The van der Waals surface area contributed by atoms with Crippen molar-refractivity contribution in [2.24, 2.45) is 0 Å². The van der Waals surface area contributed by atoms with Crippen LogP contribution in [0, 0.1) is 10.1 Å². The average Bonchev–Trinajstić information content (AvgIpc) is 2.66. The van der Waals surface area contributed by atoms with Gasteiger partial charge in [-0.25, -0.2) is 4.79 Å². The van der Waals surface area contributed by atoms with Crippen molar-refractivity contribution < 1.29 is 14.8 Å². The Hall–Kier alpha value is -3.35. The van der Waals surface area contributed by atoms with E-state index in [1.54, 1.807) is 36.4 Å². The molecule has 164 valence electrons. The monoisotopic (exact) mass is 423 g/mol. The molecule has 7 nitrogen and oxygen atoms in total. The van der Waals surface area contributed by atoms with Crippen LogP contribution in [0.1, 0.15) is 69.8 Å². The zero-order chi connectivity index (χ0) is 23.1. The molecule has 0 radical (unpaired) electrons. The average molecular weight is 424 g/mol. The Balaban J connectivity index is 2.32. The summed E-state index contributed by atoms with van der Waals surface area (Å²) < 4.78 is 0. The summed E-state index contributed by atoms with van der Waals surface area (Å²) in [5.41, 5.74) is 1.68. The third-order valence-electron chi connectivity index (χ3n) is 5.38. The van der Waals surface area contributed by atoms with Gasteiger partial charge in [-0.3, -0.25) is 10.1 Å². The van der Waals surface area contributed by atoms with E-state index in [9.17, 15) is 20.0 Å². The normalized spacial score (nSPS) is 17.2. The molecule has 1 aliphatic heterocycles. The molecule has 0 bridgehead atoms. The van der Waals surface area contributed by atoms with Crippen LogP contribution < -0.4 is 10.6 Å². The molecular weight excluding hydrogens is 394 g/mol. The Morgan fingerprint density at radius 1 is 0.968 bits per heavy atom. The summed E-state index contributed by atoms with van der Waals surface area (Å²) >= 11 is 0. The first-order chi connectivity index (χ1) is 14.3. The Morgan fingerprint density at radius 3 is 1.94 bits per heavy atom. The smallest absolute Gasteiger partial charge is 0.320 e. The first-order valence-corrected chi connectivity index (χ1v) is 10.2. The fraction of sp³-hybridized carbons (Fsp3) is 0.375. The molecule has 1 atom stereocenters. The number of carbonyl (C=O) groups is 1. The Labute approximate surface area is 182 Å². The second-order valence-electron chi connectivity index (χ2n) is 9.88. The molecule has 0 aliphatic carbocycles. The minimum atomic E-state index is -0.971. The van der Waals surface area contributed by atoms with Crippen LogP contribution in [0.3, 0.4) is 0 Å². The number of phenols is 1. The van der Waals surface area contributed by atoms with Gasteiger partial charge in [-0.15, -0.1) is 0 Å². The quantitative estimate of drug-likeness (QED) is 0.478. The molecule has 2 aromatic rings.